The molecule has 1 saturated heterocycles. The van der Waals surface area contributed by atoms with Crippen LogP contribution in [0.25, 0.3) is 11.1 Å². The van der Waals surface area contributed by atoms with E-state index < -0.39 is 5.97 Å². The highest BCUT2D eigenvalue weighted by atomic mass is 16.4. The highest BCUT2D eigenvalue weighted by Crippen LogP contribution is 2.34. The number of para-hydroxylation sites is 1. The largest absolute Gasteiger partial charge is 0.478 e. The summed E-state index contributed by atoms with van der Waals surface area (Å²) in [6, 6.07) is 15.5. The lowest BCUT2D eigenvalue weighted by molar-refractivity contribution is 0.0697. The van der Waals surface area contributed by atoms with Gasteiger partial charge in [-0.2, -0.15) is 0 Å². The van der Waals surface area contributed by atoms with Gasteiger partial charge in [0.2, 0.25) is 0 Å². The second-order valence-corrected chi connectivity index (χ2v) is 5.66. The molecule has 22 heavy (non-hydrogen) atoms. The SMILES string of the molecule is CN1CCN(c2c(C(=O)O)cccc2-c2ccccc2)CC1. The molecule has 0 atom stereocenters. The minimum atomic E-state index is -0.869. The van der Waals surface area contributed by atoms with Crippen LogP contribution >= 0.6 is 0 Å². The van der Waals surface area contributed by atoms with E-state index in [1.54, 1.807) is 6.07 Å². The molecule has 114 valence electrons. The predicted octanol–water partition coefficient (Wildman–Crippen LogP) is 2.80. The van der Waals surface area contributed by atoms with Crippen LogP contribution in [0.15, 0.2) is 48.5 Å². The molecule has 0 unspecified atom stereocenters. The molecule has 0 aliphatic carbocycles. The highest BCUT2D eigenvalue weighted by molar-refractivity contribution is 5.99. The van der Waals surface area contributed by atoms with Crippen molar-refractivity contribution in [3.63, 3.8) is 0 Å². The lowest BCUT2D eigenvalue weighted by Crippen LogP contribution is -2.45. The van der Waals surface area contributed by atoms with Gasteiger partial charge in [0.1, 0.15) is 0 Å². The fraction of sp³-hybridized carbons (Fsp3) is 0.278. The number of piperazine rings is 1. The third-order valence-corrected chi connectivity index (χ3v) is 4.17. The van der Waals surface area contributed by atoms with Gasteiger partial charge in [0.05, 0.1) is 11.3 Å². The first-order valence-corrected chi connectivity index (χ1v) is 7.52. The summed E-state index contributed by atoms with van der Waals surface area (Å²) in [5, 5.41) is 9.58. The lowest BCUT2D eigenvalue weighted by atomic mass is 9.98. The van der Waals surface area contributed by atoms with Crippen molar-refractivity contribution < 1.29 is 9.90 Å². The zero-order valence-electron chi connectivity index (χ0n) is 12.7. The van der Waals surface area contributed by atoms with Crippen molar-refractivity contribution in [1.29, 1.82) is 0 Å². The number of anilines is 1. The van der Waals surface area contributed by atoms with Crippen LogP contribution in [0.4, 0.5) is 5.69 Å². The van der Waals surface area contributed by atoms with Crippen molar-refractivity contribution in [2.24, 2.45) is 0 Å². The lowest BCUT2D eigenvalue weighted by Gasteiger charge is -2.36. The van der Waals surface area contributed by atoms with E-state index in [0.29, 0.717) is 5.56 Å². The number of benzene rings is 2. The van der Waals surface area contributed by atoms with E-state index in [2.05, 4.69) is 16.8 Å². The Bertz CT molecular complexity index is 662. The molecule has 4 nitrogen and oxygen atoms in total. The molecule has 0 radical (unpaired) electrons. The summed E-state index contributed by atoms with van der Waals surface area (Å²) in [4.78, 5) is 16.1. The number of hydrogen-bond donors (Lipinski definition) is 1. The fourth-order valence-corrected chi connectivity index (χ4v) is 2.94. The zero-order valence-corrected chi connectivity index (χ0v) is 12.7. The minimum absolute atomic E-state index is 0.380. The Labute approximate surface area is 130 Å². The van der Waals surface area contributed by atoms with Crippen LogP contribution in [-0.2, 0) is 0 Å². The van der Waals surface area contributed by atoms with Gasteiger partial charge in [0.25, 0.3) is 0 Å². The molecule has 2 aromatic rings. The zero-order chi connectivity index (χ0) is 15.5. The van der Waals surface area contributed by atoms with E-state index in [-0.39, 0.29) is 0 Å². The van der Waals surface area contributed by atoms with Gasteiger partial charge in [0.15, 0.2) is 0 Å². The maximum absolute atomic E-state index is 11.7. The van der Waals surface area contributed by atoms with Gasteiger partial charge >= 0.3 is 5.97 Å². The molecular weight excluding hydrogens is 276 g/mol. The average Bonchev–Trinajstić information content (AvgIpc) is 2.56. The van der Waals surface area contributed by atoms with Crippen LogP contribution in [0.3, 0.4) is 0 Å². The van der Waals surface area contributed by atoms with Gasteiger partial charge in [-0.05, 0) is 18.7 Å². The molecule has 4 heteroatoms. The quantitative estimate of drug-likeness (QED) is 0.946. The molecule has 2 aromatic carbocycles. The summed E-state index contributed by atoms with van der Waals surface area (Å²) < 4.78 is 0. The van der Waals surface area contributed by atoms with E-state index in [1.807, 2.05) is 42.5 Å². The Kier molecular flexibility index (Phi) is 4.11. The second-order valence-electron chi connectivity index (χ2n) is 5.66. The Morgan fingerprint density at radius 3 is 2.27 bits per heavy atom. The van der Waals surface area contributed by atoms with Gasteiger partial charge in [-0.15, -0.1) is 0 Å². The number of rotatable bonds is 3. The van der Waals surface area contributed by atoms with E-state index in [4.69, 9.17) is 0 Å². The molecular formula is C18H20N2O2. The Morgan fingerprint density at radius 2 is 1.64 bits per heavy atom. The number of hydrogen-bond acceptors (Lipinski definition) is 3. The van der Waals surface area contributed by atoms with E-state index in [9.17, 15) is 9.90 Å². The van der Waals surface area contributed by atoms with Crippen LogP contribution in [0, 0.1) is 0 Å². The number of carboxylic acid groups (broad SMARTS) is 1. The molecule has 0 spiro atoms. The van der Waals surface area contributed by atoms with Crippen LogP contribution in [0.5, 0.6) is 0 Å². The number of nitrogens with zero attached hydrogens (tertiary/aromatic N) is 2. The van der Waals surface area contributed by atoms with Gasteiger partial charge in [-0.25, -0.2) is 4.79 Å². The molecule has 1 fully saturated rings. The molecule has 0 amide bonds. The van der Waals surface area contributed by atoms with Gasteiger partial charge < -0.3 is 14.9 Å². The van der Waals surface area contributed by atoms with Crippen molar-refractivity contribution in [2.45, 2.75) is 0 Å². The van der Waals surface area contributed by atoms with Crippen molar-refractivity contribution in [2.75, 3.05) is 38.1 Å². The Morgan fingerprint density at radius 1 is 0.955 bits per heavy atom. The normalized spacial score (nSPS) is 15.8. The number of carboxylic acids is 1. The molecule has 1 aliphatic rings. The van der Waals surface area contributed by atoms with Crippen LogP contribution in [0.2, 0.25) is 0 Å². The number of likely N-dealkylation sites (N-methyl/N-ethyl adjacent to an activating group) is 1. The van der Waals surface area contributed by atoms with E-state index in [1.165, 1.54) is 0 Å². The minimum Gasteiger partial charge on any atom is -0.478 e. The maximum atomic E-state index is 11.7. The third kappa shape index (κ3) is 2.83. The summed E-state index contributed by atoms with van der Waals surface area (Å²) in [6.45, 7) is 3.59. The van der Waals surface area contributed by atoms with Crippen LogP contribution in [-0.4, -0.2) is 49.2 Å². The van der Waals surface area contributed by atoms with Crippen molar-refractivity contribution in [1.82, 2.24) is 4.90 Å². The van der Waals surface area contributed by atoms with Crippen molar-refractivity contribution in [3.8, 4) is 11.1 Å². The molecule has 1 aliphatic heterocycles. The first kappa shape index (κ1) is 14.6. The molecule has 3 rings (SSSR count). The maximum Gasteiger partial charge on any atom is 0.337 e. The molecule has 0 saturated carbocycles. The van der Waals surface area contributed by atoms with Crippen molar-refractivity contribution in [3.05, 3.63) is 54.1 Å². The smallest absolute Gasteiger partial charge is 0.337 e. The van der Waals surface area contributed by atoms with Crippen LogP contribution in [0.1, 0.15) is 10.4 Å². The standard InChI is InChI=1S/C18H20N2O2/c1-19-10-12-20(13-11-19)17-15(14-6-3-2-4-7-14)8-5-9-16(17)18(21)22/h2-9H,10-13H2,1H3,(H,21,22). The monoisotopic (exact) mass is 296 g/mol. The van der Waals surface area contributed by atoms with E-state index in [0.717, 1.165) is 43.0 Å². The summed E-state index contributed by atoms with van der Waals surface area (Å²) >= 11 is 0. The predicted molar refractivity (Wildman–Crippen MR) is 88.5 cm³/mol. The molecule has 0 bridgehead atoms. The van der Waals surface area contributed by atoms with Crippen molar-refractivity contribution >= 4 is 11.7 Å². The topological polar surface area (TPSA) is 43.8 Å². The Balaban J connectivity index is 2.10. The summed E-state index contributed by atoms with van der Waals surface area (Å²) in [7, 11) is 2.10. The van der Waals surface area contributed by atoms with E-state index >= 15 is 0 Å². The summed E-state index contributed by atoms with van der Waals surface area (Å²) in [5.41, 5.74) is 3.27. The average molecular weight is 296 g/mol. The number of aromatic carboxylic acids is 1. The highest BCUT2D eigenvalue weighted by Gasteiger charge is 2.23. The van der Waals surface area contributed by atoms with Crippen LogP contribution < -0.4 is 4.90 Å². The molecule has 1 heterocycles. The summed E-state index contributed by atoms with van der Waals surface area (Å²) in [5.74, 6) is -0.869. The fourth-order valence-electron chi connectivity index (χ4n) is 2.94. The first-order valence-electron chi connectivity index (χ1n) is 7.52. The van der Waals surface area contributed by atoms with Gasteiger partial charge in [-0.1, -0.05) is 42.5 Å². The number of carbonyl (C=O) groups is 1. The van der Waals surface area contributed by atoms with Gasteiger partial charge in [-0.3, -0.25) is 0 Å². The third-order valence-electron chi connectivity index (χ3n) is 4.17. The second kappa shape index (κ2) is 6.20. The van der Waals surface area contributed by atoms with Gasteiger partial charge in [0, 0.05) is 31.7 Å². The summed E-state index contributed by atoms with van der Waals surface area (Å²) in [6.07, 6.45) is 0. The first-order chi connectivity index (χ1) is 10.7. The molecule has 0 aromatic heterocycles. The Hall–Kier alpha value is -2.33. The molecule has 1 N–H and O–H groups in total.